The zero-order chi connectivity index (χ0) is 41.2. The van der Waals surface area contributed by atoms with Crippen LogP contribution in [-0.4, -0.2) is 95.8 Å². The molecule has 2 aromatic carbocycles. The molecule has 3 heterocycles. The third-order valence-electron chi connectivity index (χ3n) is 12.7. The molecule has 11 nitrogen and oxygen atoms in total. The van der Waals surface area contributed by atoms with E-state index in [-0.39, 0.29) is 48.0 Å². The van der Waals surface area contributed by atoms with Gasteiger partial charge in [0.15, 0.2) is 23.0 Å². The van der Waals surface area contributed by atoms with E-state index in [4.69, 9.17) is 9.47 Å². The number of benzene rings is 2. The summed E-state index contributed by atoms with van der Waals surface area (Å²) in [5.41, 5.74) is 4.95. The third-order valence-corrected chi connectivity index (χ3v) is 13.3. The van der Waals surface area contributed by atoms with Gasteiger partial charge in [-0.2, -0.15) is 17.0 Å². The van der Waals surface area contributed by atoms with Gasteiger partial charge in [-0.05, 0) is 80.8 Å². The summed E-state index contributed by atoms with van der Waals surface area (Å²) in [4.78, 5) is 31.6. The number of thioether (sulfide) groups is 1. The number of methoxy groups -OCH3 is 2. The number of phenols is 2. The summed E-state index contributed by atoms with van der Waals surface area (Å²) < 4.78 is 11.3. The number of carbonyl (C=O) groups is 2. The Kier molecular flexibility index (Phi) is 16.3. The van der Waals surface area contributed by atoms with Crippen LogP contribution in [0.1, 0.15) is 136 Å². The highest BCUT2D eigenvalue weighted by molar-refractivity contribution is 7.98. The molecule has 3 aliphatic heterocycles. The van der Waals surface area contributed by atoms with Gasteiger partial charge >= 0.3 is 0 Å². The van der Waals surface area contributed by atoms with Gasteiger partial charge in [-0.15, -0.1) is 0 Å². The summed E-state index contributed by atoms with van der Waals surface area (Å²) in [6.45, 7) is 6.16. The minimum Gasteiger partial charge on any atom is -0.504 e. The maximum atomic E-state index is 14.1. The molecular weight excluding hydrogens is 739 g/mol. The molecule has 2 amide bonds. The number of hydrogen-bond acceptors (Lipinski definition) is 10. The van der Waals surface area contributed by atoms with Crippen molar-refractivity contribution in [3.8, 4) is 29.1 Å². The first-order valence-electron chi connectivity index (χ1n) is 21.3. The number of ether oxygens (including phenoxy) is 2. The smallest absolute Gasteiger partial charge is 0.242 e. The van der Waals surface area contributed by atoms with Crippen LogP contribution in [0.2, 0.25) is 0 Å². The number of nitriles is 1. The summed E-state index contributed by atoms with van der Waals surface area (Å²) in [6.07, 6.45) is 17.1. The van der Waals surface area contributed by atoms with Gasteiger partial charge in [0, 0.05) is 36.2 Å². The summed E-state index contributed by atoms with van der Waals surface area (Å²) in [5, 5.41) is 40.6. The average molecular weight is 806 g/mol. The highest BCUT2D eigenvalue weighted by atomic mass is 32.2. The number of likely N-dealkylation sites (N-methyl/N-ethyl adjacent to an activating group) is 1. The number of unbranched alkanes of at least 4 members (excludes halogenated alkanes) is 10. The van der Waals surface area contributed by atoms with E-state index in [9.17, 15) is 25.1 Å². The van der Waals surface area contributed by atoms with Crippen LogP contribution in [0.3, 0.4) is 0 Å². The molecule has 3 aliphatic rings. The van der Waals surface area contributed by atoms with E-state index in [2.05, 4.69) is 39.5 Å². The van der Waals surface area contributed by atoms with Crippen molar-refractivity contribution in [1.29, 1.82) is 5.26 Å². The van der Waals surface area contributed by atoms with E-state index in [1.54, 1.807) is 18.9 Å². The van der Waals surface area contributed by atoms with Crippen LogP contribution in [0.25, 0.3) is 0 Å². The summed E-state index contributed by atoms with van der Waals surface area (Å²) >= 11 is 1.62. The molecule has 0 saturated carbocycles. The second-order valence-electron chi connectivity index (χ2n) is 16.4. The van der Waals surface area contributed by atoms with E-state index in [0.29, 0.717) is 48.5 Å². The van der Waals surface area contributed by atoms with Crippen molar-refractivity contribution in [3.05, 3.63) is 45.5 Å². The molecule has 6 atom stereocenters. The lowest BCUT2D eigenvalue weighted by Crippen LogP contribution is -2.68. The number of fused-ring (bicyclic) bond motifs is 7. The Labute approximate surface area is 345 Å². The zero-order valence-electron chi connectivity index (χ0n) is 35.4. The minimum atomic E-state index is -0.712. The standard InChI is InChI=1S/C45H67N5O6S/c1-8-9-10-11-12-13-14-15-16-17-18-19-37(51)48-32(20-21-57-7)45(54)47-27-36-38-30(22-28(2)43(55-5)41(38)52)25-34-40-39-31(23-29(3)44(56-6)42(39)53)24-33(49(40)4)35(26-46)50(34)36/h22-23,32-36,40,52-53H,8-21,24-25,27H2,1-7H3,(H,47,54)(H,48,51)/t32-,33-,34-,35-,36-,40-/m0/s1. The fraction of sp³-hybridized carbons (Fsp3) is 0.667. The number of hydrogen-bond donors (Lipinski definition) is 4. The van der Waals surface area contributed by atoms with Crippen LogP contribution in [0.5, 0.6) is 23.0 Å². The molecule has 0 aromatic heterocycles. The molecule has 2 bridgehead atoms. The van der Waals surface area contributed by atoms with Crippen molar-refractivity contribution >= 4 is 23.6 Å². The molecule has 5 rings (SSSR count). The molecule has 0 spiro atoms. The summed E-state index contributed by atoms with van der Waals surface area (Å²) in [5.74, 6) is 1.22. The maximum Gasteiger partial charge on any atom is 0.242 e. The average Bonchev–Trinajstić information content (AvgIpc) is 3.18. The fourth-order valence-corrected chi connectivity index (χ4v) is 10.3. The van der Waals surface area contributed by atoms with Gasteiger partial charge in [0.25, 0.3) is 0 Å². The highest BCUT2D eigenvalue weighted by Crippen LogP contribution is 2.55. The number of piperazine rings is 1. The predicted molar refractivity (Wildman–Crippen MR) is 227 cm³/mol. The molecule has 1 saturated heterocycles. The molecule has 4 N–H and O–H groups in total. The number of nitrogens with zero attached hydrogens (tertiary/aromatic N) is 3. The SMILES string of the molecule is CCCCCCCCCCCCCC(=O)N[C@@H](CCSC)C(=O)NC[C@H]1c2c(cc(C)c(OC)c2O)C[C@H]2[C@H]3c4c(cc(C)c(OC)c4O)C[C@@H]([C@H](C#N)N12)N3C. The normalized spacial score (nSPS) is 21.8. The maximum absolute atomic E-state index is 14.1. The second-order valence-corrected chi connectivity index (χ2v) is 17.4. The van der Waals surface area contributed by atoms with Crippen molar-refractivity contribution < 1.29 is 29.3 Å². The molecular formula is C45H67N5O6S. The number of carbonyl (C=O) groups excluding carboxylic acids is 2. The molecule has 314 valence electrons. The van der Waals surface area contributed by atoms with E-state index in [1.807, 2.05) is 33.2 Å². The Balaban J connectivity index is 1.35. The van der Waals surface area contributed by atoms with E-state index in [0.717, 1.165) is 47.1 Å². The van der Waals surface area contributed by atoms with Gasteiger partial charge in [-0.1, -0.05) is 83.3 Å². The minimum absolute atomic E-state index is 0.00530. The highest BCUT2D eigenvalue weighted by Gasteiger charge is 2.56. The quantitative estimate of drug-likeness (QED) is 0.0933. The fourth-order valence-electron chi connectivity index (χ4n) is 9.85. The zero-order valence-corrected chi connectivity index (χ0v) is 36.2. The van der Waals surface area contributed by atoms with Gasteiger partial charge in [-0.25, -0.2) is 0 Å². The first kappa shape index (κ1) is 44.4. The van der Waals surface area contributed by atoms with Crippen molar-refractivity contribution in [3.63, 3.8) is 0 Å². The molecule has 0 unspecified atom stereocenters. The predicted octanol–water partition coefficient (Wildman–Crippen LogP) is 7.56. The summed E-state index contributed by atoms with van der Waals surface area (Å²) in [6, 6.07) is 4.03. The Morgan fingerprint density at radius 1 is 0.895 bits per heavy atom. The number of rotatable bonds is 21. The molecule has 1 fully saturated rings. The lowest BCUT2D eigenvalue weighted by atomic mass is 9.72. The summed E-state index contributed by atoms with van der Waals surface area (Å²) in [7, 11) is 5.11. The van der Waals surface area contributed by atoms with Crippen molar-refractivity contribution in [2.75, 3.05) is 39.8 Å². The lowest BCUT2D eigenvalue weighted by Gasteiger charge is -2.60. The number of phenolic OH excluding ortho intramolecular Hbond substituents is 2. The van der Waals surface area contributed by atoms with E-state index < -0.39 is 18.1 Å². The Morgan fingerprint density at radius 3 is 2.00 bits per heavy atom. The molecule has 0 aliphatic carbocycles. The monoisotopic (exact) mass is 805 g/mol. The third kappa shape index (κ3) is 9.80. The van der Waals surface area contributed by atoms with Crippen molar-refractivity contribution in [2.24, 2.45) is 0 Å². The molecule has 12 heteroatoms. The van der Waals surface area contributed by atoms with Gasteiger partial charge < -0.3 is 30.3 Å². The van der Waals surface area contributed by atoms with Gasteiger partial charge in [0.2, 0.25) is 11.8 Å². The van der Waals surface area contributed by atoms with E-state index in [1.165, 1.54) is 58.5 Å². The molecule has 2 aromatic rings. The Bertz CT molecular complexity index is 1750. The van der Waals surface area contributed by atoms with Crippen LogP contribution in [-0.2, 0) is 22.4 Å². The van der Waals surface area contributed by atoms with Gasteiger partial charge in [0.05, 0.1) is 32.4 Å². The number of amides is 2. The Hall–Kier alpha value is -3.66. The molecule has 57 heavy (non-hydrogen) atoms. The lowest BCUT2D eigenvalue weighted by molar-refractivity contribution is -0.129. The van der Waals surface area contributed by atoms with Gasteiger partial charge in [-0.3, -0.25) is 19.4 Å². The first-order valence-corrected chi connectivity index (χ1v) is 22.7. The van der Waals surface area contributed by atoms with Crippen LogP contribution >= 0.6 is 11.8 Å². The number of nitrogens with one attached hydrogen (secondary N) is 2. The second kappa shape index (κ2) is 20.9. The molecule has 0 radical (unpaired) electrons. The van der Waals surface area contributed by atoms with Crippen LogP contribution < -0.4 is 20.1 Å². The Morgan fingerprint density at radius 2 is 1.44 bits per heavy atom. The van der Waals surface area contributed by atoms with Crippen molar-refractivity contribution in [2.45, 2.75) is 153 Å². The van der Waals surface area contributed by atoms with Crippen molar-refractivity contribution in [1.82, 2.24) is 20.4 Å². The van der Waals surface area contributed by atoms with Crippen LogP contribution in [0.4, 0.5) is 0 Å². The van der Waals surface area contributed by atoms with Crippen LogP contribution in [0, 0.1) is 25.2 Å². The number of aromatic hydroxyl groups is 2. The van der Waals surface area contributed by atoms with E-state index >= 15 is 0 Å². The largest absolute Gasteiger partial charge is 0.504 e. The van der Waals surface area contributed by atoms with Gasteiger partial charge in [0.1, 0.15) is 12.1 Å². The first-order chi connectivity index (χ1) is 27.5. The van der Waals surface area contributed by atoms with Crippen LogP contribution in [0.15, 0.2) is 12.1 Å². The topological polar surface area (TPSA) is 147 Å². The number of aryl methyl sites for hydroxylation is 2.